The summed E-state index contributed by atoms with van der Waals surface area (Å²) in [5.41, 5.74) is 3.46. The van der Waals surface area contributed by atoms with E-state index in [4.69, 9.17) is 14.2 Å². The Kier molecular flexibility index (Phi) is 9.98. The van der Waals surface area contributed by atoms with Crippen LogP contribution in [0.3, 0.4) is 0 Å². The molecule has 0 fully saturated rings. The molecule has 0 heterocycles. The Morgan fingerprint density at radius 3 is 2.45 bits per heavy atom. The summed E-state index contributed by atoms with van der Waals surface area (Å²) in [6.45, 7) is 5.94. The fourth-order valence-corrected chi connectivity index (χ4v) is 4.77. The average Bonchev–Trinajstić information content (AvgIpc) is 3.13. The van der Waals surface area contributed by atoms with E-state index in [-0.39, 0.29) is 29.3 Å². The van der Waals surface area contributed by atoms with Crippen molar-refractivity contribution in [1.82, 2.24) is 10.6 Å². The predicted molar refractivity (Wildman–Crippen MR) is 148 cm³/mol. The third kappa shape index (κ3) is 6.57. The molecule has 9 nitrogen and oxygen atoms in total. The van der Waals surface area contributed by atoms with Crippen molar-refractivity contribution in [3.8, 4) is 28.4 Å². The van der Waals surface area contributed by atoms with Crippen LogP contribution in [0.4, 0.5) is 5.69 Å². The van der Waals surface area contributed by atoms with Crippen LogP contribution in [0.15, 0.2) is 29.1 Å². The Balaban J connectivity index is 2.03. The van der Waals surface area contributed by atoms with Crippen LogP contribution in [0.5, 0.6) is 17.2 Å². The number of benzene rings is 1. The molecule has 3 rings (SSSR count). The lowest BCUT2D eigenvalue weighted by Gasteiger charge is -2.19. The zero-order valence-corrected chi connectivity index (χ0v) is 23.2. The minimum atomic E-state index is -0.367. The van der Waals surface area contributed by atoms with Crippen LogP contribution >= 0.6 is 0 Å². The first-order chi connectivity index (χ1) is 18.2. The van der Waals surface area contributed by atoms with Crippen molar-refractivity contribution in [3.63, 3.8) is 0 Å². The van der Waals surface area contributed by atoms with Gasteiger partial charge in [-0.05, 0) is 67.5 Å². The number of ether oxygens (including phenoxy) is 3. The lowest BCUT2D eigenvalue weighted by molar-refractivity contribution is -0.122. The third-order valence-electron chi connectivity index (χ3n) is 6.83. The van der Waals surface area contributed by atoms with Gasteiger partial charge in [0.25, 0.3) is 0 Å². The minimum absolute atomic E-state index is 0.0000506. The van der Waals surface area contributed by atoms with Crippen LogP contribution in [0.1, 0.15) is 63.6 Å². The molecule has 2 amide bonds. The van der Waals surface area contributed by atoms with Gasteiger partial charge in [-0.15, -0.1) is 0 Å². The average molecular weight is 526 g/mol. The molecular weight excluding hydrogens is 486 g/mol. The molecule has 0 aromatic heterocycles. The normalized spacial score (nSPS) is 14.7. The Morgan fingerprint density at radius 1 is 1.08 bits per heavy atom. The van der Waals surface area contributed by atoms with Crippen LogP contribution < -0.4 is 35.6 Å². The van der Waals surface area contributed by atoms with Gasteiger partial charge in [-0.3, -0.25) is 14.4 Å². The van der Waals surface area contributed by atoms with Crippen LogP contribution in [0.25, 0.3) is 11.1 Å². The van der Waals surface area contributed by atoms with Crippen molar-refractivity contribution in [2.45, 2.75) is 65.0 Å². The van der Waals surface area contributed by atoms with Crippen LogP contribution in [-0.4, -0.2) is 45.7 Å². The number of amides is 2. The molecule has 2 aromatic carbocycles. The number of aryl methyl sites for hydroxylation is 1. The van der Waals surface area contributed by atoms with Crippen molar-refractivity contribution >= 4 is 17.5 Å². The smallest absolute Gasteiger partial charge is 0.220 e. The van der Waals surface area contributed by atoms with Gasteiger partial charge in [0.1, 0.15) is 0 Å². The van der Waals surface area contributed by atoms with Crippen molar-refractivity contribution in [1.29, 1.82) is 0 Å². The topological polar surface area (TPSA) is 115 Å². The molecule has 1 unspecified atom stereocenters. The number of hydrogen-bond donors (Lipinski definition) is 3. The molecule has 0 spiro atoms. The molecule has 0 bridgehead atoms. The second-order valence-corrected chi connectivity index (χ2v) is 9.50. The first-order valence-corrected chi connectivity index (χ1v) is 13.0. The first kappa shape index (κ1) is 28.8. The van der Waals surface area contributed by atoms with Gasteiger partial charge in [0.2, 0.25) is 23.0 Å². The van der Waals surface area contributed by atoms with E-state index in [1.165, 1.54) is 6.92 Å². The van der Waals surface area contributed by atoms with Gasteiger partial charge in [-0.25, -0.2) is 0 Å². The quantitative estimate of drug-likeness (QED) is 0.380. The maximum absolute atomic E-state index is 13.3. The largest absolute Gasteiger partial charge is 0.493 e. The van der Waals surface area contributed by atoms with Crippen molar-refractivity contribution in [3.05, 3.63) is 45.6 Å². The van der Waals surface area contributed by atoms with E-state index in [0.717, 1.165) is 23.1 Å². The van der Waals surface area contributed by atoms with E-state index >= 15 is 0 Å². The summed E-state index contributed by atoms with van der Waals surface area (Å²) in [7, 11) is 4.69. The minimum Gasteiger partial charge on any atom is -0.493 e. The van der Waals surface area contributed by atoms with Crippen LogP contribution in [-0.2, 0) is 16.0 Å². The second kappa shape index (κ2) is 13.2. The molecular formula is C29H39N3O6. The monoisotopic (exact) mass is 525 g/mol. The standard InChI is InChI=1S/C29H39N3O6/c1-7-17(2)31-26(35)9-8-14-30-23-13-11-20-21(16-24(23)34)22(32-18(3)33)12-10-19-15-25(36-4)28(37-5)29(38-6)27(19)20/h11,13,15-17,22H,7-10,12,14H2,1-6H3,(H,30,34)(H,31,35)(H,32,33)/t17?,22-/m0/s1. The molecule has 2 atom stereocenters. The Bertz CT molecular complexity index is 1230. The second-order valence-electron chi connectivity index (χ2n) is 9.50. The number of carbonyl (C=O) groups is 2. The van der Waals surface area contributed by atoms with Gasteiger partial charge in [0.05, 0.1) is 33.1 Å². The molecule has 38 heavy (non-hydrogen) atoms. The molecule has 206 valence electrons. The number of hydrogen-bond acceptors (Lipinski definition) is 7. The summed E-state index contributed by atoms with van der Waals surface area (Å²) >= 11 is 0. The third-order valence-corrected chi connectivity index (χ3v) is 6.83. The Hall–Kier alpha value is -3.75. The van der Waals surface area contributed by atoms with E-state index in [0.29, 0.717) is 60.7 Å². The van der Waals surface area contributed by atoms with Crippen molar-refractivity contribution < 1.29 is 23.8 Å². The fraction of sp³-hybridized carbons (Fsp3) is 0.483. The van der Waals surface area contributed by atoms with E-state index < -0.39 is 0 Å². The summed E-state index contributed by atoms with van der Waals surface area (Å²) < 4.78 is 17.0. The van der Waals surface area contributed by atoms with Crippen molar-refractivity contribution in [2.24, 2.45) is 0 Å². The summed E-state index contributed by atoms with van der Waals surface area (Å²) in [5.74, 6) is 1.34. The van der Waals surface area contributed by atoms with Gasteiger partial charge in [0, 0.05) is 31.5 Å². The molecule has 0 saturated carbocycles. The van der Waals surface area contributed by atoms with Crippen LogP contribution in [0, 0.1) is 0 Å². The molecule has 1 aliphatic carbocycles. The summed E-state index contributed by atoms with van der Waals surface area (Å²) in [6.07, 6.45) is 3.06. The molecule has 0 radical (unpaired) electrons. The molecule has 0 aliphatic heterocycles. The SMILES string of the molecule is CCC(C)NC(=O)CCCNc1ccc2c(cc1=O)[C@@H](NC(C)=O)CCc1cc(OC)c(OC)c(OC)c1-2. The zero-order chi connectivity index (χ0) is 27.8. The molecule has 9 heteroatoms. The number of fused-ring (bicyclic) bond motifs is 3. The van der Waals surface area contributed by atoms with Gasteiger partial charge >= 0.3 is 0 Å². The Morgan fingerprint density at radius 2 is 1.82 bits per heavy atom. The first-order valence-electron chi connectivity index (χ1n) is 13.0. The Labute approximate surface area is 224 Å². The summed E-state index contributed by atoms with van der Waals surface area (Å²) in [4.78, 5) is 37.5. The maximum atomic E-state index is 13.3. The van der Waals surface area contributed by atoms with Gasteiger partial charge in [-0.2, -0.15) is 0 Å². The van der Waals surface area contributed by atoms with Crippen LogP contribution in [0.2, 0.25) is 0 Å². The maximum Gasteiger partial charge on any atom is 0.220 e. The van der Waals surface area contributed by atoms with Gasteiger partial charge < -0.3 is 30.2 Å². The van der Waals surface area contributed by atoms with Gasteiger partial charge in [0.15, 0.2) is 11.5 Å². The zero-order valence-electron chi connectivity index (χ0n) is 23.2. The number of anilines is 1. The lowest BCUT2D eigenvalue weighted by Crippen LogP contribution is -2.32. The highest BCUT2D eigenvalue weighted by molar-refractivity contribution is 5.83. The molecule has 2 aromatic rings. The van der Waals surface area contributed by atoms with E-state index in [2.05, 4.69) is 16.0 Å². The van der Waals surface area contributed by atoms with E-state index in [9.17, 15) is 14.4 Å². The van der Waals surface area contributed by atoms with Gasteiger partial charge in [-0.1, -0.05) is 13.0 Å². The number of rotatable bonds is 11. The van der Waals surface area contributed by atoms with Crippen molar-refractivity contribution in [2.75, 3.05) is 33.2 Å². The molecule has 3 N–H and O–H groups in total. The fourth-order valence-electron chi connectivity index (χ4n) is 4.77. The van der Waals surface area contributed by atoms with E-state index in [1.807, 2.05) is 26.0 Å². The molecule has 0 saturated heterocycles. The molecule has 1 aliphatic rings. The summed E-state index contributed by atoms with van der Waals surface area (Å²) in [5, 5.41) is 9.15. The highest BCUT2D eigenvalue weighted by atomic mass is 16.5. The lowest BCUT2D eigenvalue weighted by atomic mass is 9.95. The number of carbonyl (C=O) groups excluding carboxylic acids is 2. The number of nitrogens with one attached hydrogen (secondary N) is 3. The number of methoxy groups -OCH3 is 3. The predicted octanol–water partition coefficient (Wildman–Crippen LogP) is 3.97. The highest BCUT2D eigenvalue weighted by Gasteiger charge is 2.29. The highest BCUT2D eigenvalue weighted by Crippen LogP contribution is 2.50. The summed E-state index contributed by atoms with van der Waals surface area (Å²) in [6, 6.07) is 6.90. The van der Waals surface area contributed by atoms with E-state index in [1.54, 1.807) is 33.5 Å².